The summed E-state index contributed by atoms with van der Waals surface area (Å²) in [4.78, 5) is 29.0. The van der Waals surface area contributed by atoms with E-state index in [2.05, 4.69) is 0 Å². The minimum atomic E-state index is -0.0221. The van der Waals surface area contributed by atoms with Gasteiger partial charge in [0.05, 0.1) is 11.3 Å². The Hall–Kier alpha value is -2.10. The average molecular weight is 310 g/mol. The van der Waals surface area contributed by atoms with Crippen LogP contribution in [0.15, 0.2) is 30.3 Å². The van der Waals surface area contributed by atoms with Crippen molar-refractivity contribution in [3.8, 4) is 0 Å². The molecule has 4 heteroatoms. The van der Waals surface area contributed by atoms with Crippen LogP contribution in [0.25, 0.3) is 5.57 Å². The van der Waals surface area contributed by atoms with E-state index in [1.165, 1.54) is 19.3 Å². The second-order valence-corrected chi connectivity index (χ2v) is 6.82. The first-order valence-corrected chi connectivity index (χ1v) is 8.66. The van der Waals surface area contributed by atoms with Crippen LogP contribution >= 0.6 is 0 Å². The highest BCUT2D eigenvalue weighted by atomic mass is 16.2. The summed E-state index contributed by atoms with van der Waals surface area (Å²) in [5.74, 6) is 0.581. The lowest BCUT2D eigenvalue weighted by molar-refractivity contribution is -0.125. The molecule has 1 saturated carbocycles. The van der Waals surface area contributed by atoms with Gasteiger partial charge in [-0.05, 0) is 37.7 Å². The summed E-state index contributed by atoms with van der Waals surface area (Å²) >= 11 is 0. The van der Waals surface area contributed by atoms with Crippen LogP contribution in [0.1, 0.15) is 37.7 Å². The third kappa shape index (κ3) is 2.56. The lowest BCUT2D eigenvalue weighted by Gasteiger charge is -2.30. The molecule has 4 nitrogen and oxygen atoms in total. The fraction of sp³-hybridized carbons (Fsp3) is 0.474. The molecule has 0 spiro atoms. The van der Waals surface area contributed by atoms with Crippen molar-refractivity contribution in [2.75, 3.05) is 24.5 Å². The quantitative estimate of drug-likeness (QED) is 0.806. The predicted molar refractivity (Wildman–Crippen MR) is 89.9 cm³/mol. The first-order chi connectivity index (χ1) is 11.2. The molecule has 1 aromatic carbocycles. The van der Waals surface area contributed by atoms with E-state index >= 15 is 0 Å². The van der Waals surface area contributed by atoms with Crippen molar-refractivity contribution in [2.24, 2.45) is 5.92 Å². The minimum Gasteiger partial charge on any atom is -0.339 e. The largest absolute Gasteiger partial charge is 0.339 e. The molecule has 0 bridgehead atoms. The number of likely N-dealkylation sites (tertiary alicyclic amines) is 1. The van der Waals surface area contributed by atoms with Gasteiger partial charge in [-0.2, -0.15) is 0 Å². The second kappa shape index (κ2) is 5.84. The molecular formula is C19H22N2O2. The van der Waals surface area contributed by atoms with Crippen LogP contribution in [-0.4, -0.2) is 36.3 Å². The number of nitrogens with zero attached hydrogens (tertiary/aromatic N) is 2. The maximum atomic E-state index is 12.9. The van der Waals surface area contributed by atoms with E-state index < -0.39 is 0 Å². The molecule has 3 aliphatic rings. The Kier molecular flexibility index (Phi) is 3.68. The summed E-state index contributed by atoms with van der Waals surface area (Å²) in [5.41, 5.74) is 2.44. The van der Waals surface area contributed by atoms with E-state index in [1.807, 2.05) is 34.1 Å². The van der Waals surface area contributed by atoms with Crippen LogP contribution in [0.5, 0.6) is 0 Å². The zero-order chi connectivity index (χ0) is 15.8. The van der Waals surface area contributed by atoms with Gasteiger partial charge in [-0.25, -0.2) is 0 Å². The fourth-order valence-corrected chi connectivity index (χ4v) is 3.71. The molecule has 1 aromatic rings. The van der Waals surface area contributed by atoms with E-state index in [4.69, 9.17) is 0 Å². The standard InChI is InChI=1S/C19H22N2O2/c22-18(20-10-3-4-11-20)12-16-15-8-1-2-9-17(15)21(19(16)23)13-14-6-5-7-14/h1-2,8-9,12,14H,3-7,10-11,13H2/b16-12+. The maximum absolute atomic E-state index is 12.9. The summed E-state index contributed by atoms with van der Waals surface area (Å²) < 4.78 is 0. The molecule has 2 fully saturated rings. The molecule has 1 saturated heterocycles. The van der Waals surface area contributed by atoms with Gasteiger partial charge in [0.15, 0.2) is 0 Å². The van der Waals surface area contributed by atoms with Crippen molar-refractivity contribution in [1.82, 2.24) is 4.90 Å². The van der Waals surface area contributed by atoms with Crippen LogP contribution in [-0.2, 0) is 9.59 Å². The Balaban J connectivity index is 1.64. The number of hydrogen-bond donors (Lipinski definition) is 0. The van der Waals surface area contributed by atoms with Gasteiger partial charge in [0.25, 0.3) is 5.91 Å². The number of carbonyl (C=O) groups is 2. The Morgan fingerprint density at radius 2 is 1.87 bits per heavy atom. The van der Waals surface area contributed by atoms with Crippen LogP contribution in [0.4, 0.5) is 5.69 Å². The summed E-state index contributed by atoms with van der Waals surface area (Å²) in [7, 11) is 0. The van der Waals surface area contributed by atoms with Gasteiger partial charge < -0.3 is 9.80 Å². The summed E-state index contributed by atoms with van der Waals surface area (Å²) in [5, 5.41) is 0. The van der Waals surface area contributed by atoms with Crippen LogP contribution < -0.4 is 4.90 Å². The molecule has 0 N–H and O–H groups in total. The molecule has 2 heterocycles. The highest BCUT2D eigenvalue weighted by molar-refractivity contribution is 6.34. The molecule has 23 heavy (non-hydrogen) atoms. The summed E-state index contributed by atoms with van der Waals surface area (Å²) in [6.45, 7) is 2.40. The summed E-state index contributed by atoms with van der Waals surface area (Å²) in [6.07, 6.45) is 7.37. The van der Waals surface area contributed by atoms with Crippen molar-refractivity contribution < 1.29 is 9.59 Å². The number of benzene rings is 1. The number of rotatable bonds is 3. The zero-order valence-corrected chi connectivity index (χ0v) is 13.3. The van der Waals surface area contributed by atoms with Gasteiger partial charge in [0, 0.05) is 31.3 Å². The number of hydrogen-bond acceptors (Lipinski definition) is 2. The van der Waals surface area contributed by atoms with Crippen molar-refractivity contribution >= 4 is 23.1 Å². The van der Waals surface area contributed by atoms with Gasteiger partial charge in [-0.3, -0.25) is 9.59 Å². The number of carbonyl (C=O) groups excluding carboxylic acids is 2. The molecule has 0 unspecified atom stereocenters. The molecule has 1 aliphatic carbocycles. The van der Waals surface area contributed by atoms with E-state index in [0.717, 1.165) is 43.7 Å². The van der Waals surface area contributed by atoms with Crippen molar-refractivity contribution in [1.29, 1.82) is 0 Å². The van der Waals surface area contributed by atoms with Crippen LogP contribution in [0, 0.1) is 5.92 Å². The molecule has 0 aromatic heterocycles. The molecular weight excluding hydrogens is 288 g/mol. The minimum absolute atomic E-state index is 0.00866. The Morgan fingerprint density at radius 3 is 2.57 bits per heavy atom. The van der Waals surface area contributed by atoms with E-state index in [0.29, 0.717) is 11.5 Å². The summed E-state index contributed by atoms with van der Waals surface area (Å²) in [6, 6.07) is 7.85. The number of fused-ring (bicyclic) bond motifs is 1. The fourth-order valence-electron chi connectivity index (χ4n) is 3.71. The van der Waals surface area contributed by atoms with Crippen LogP contribution in [0.2, 0.25) is 0 Å². The molecule has 2 aliphatic heterocycles. The predicted octanol–water partition coefficient (Wildman–Crippen LogP) is 2.84. The highest BCUT2D eigenvalue weighted by Gasteiger charge is 2.35. The third-order valence-electron chi connectivity index (χ3n) is 5.31. The lowest BCUT2D eigenvalue weighted by Crippen LogP contribution is -2.35. The monoisotopic (exact) mass is 310 g/mol. The third-order valence-corrected chi connectivity index (χ3v) is 5.31. The van der Waals surface area contributed by atoms with E-state index in [1.54, 1.807) is 6.08 Å². The number of amides is 2. The SMILES string of the molecule is O=C(/C=C1/C(=O)N(CC2CCC2)c2ccccc21)N1CCCC1. The maximum Gasteiger partial charge on any atom is 0.259 e. The molecule has 4 rings (SSSR count). The first kappa shape index (κ1) is 14.5. The number of anilines is 1. The Labute approximate surface area is 136 Å². The topological polar surface area (TPSA) is 40.6 Å². The van der Waals surface area contributed by atoms with Gasteiger partial charge in [0.2, 0.25) is 5.91 Å². The average Bonchev–Trinajstić information content (AvgIpc) is 3.13. The zero-order valence-electron chi connectivity index (χ0n) is 13.3. The molecule has 2 amide bonds. The van der Waals surface area contributed by atoms with Crippen molar-refractivity contribution in [3.63, 3.8) is 0 Å². The normalized spacial score (nSPS) is 22.6. The molecule has 120 valence electrons. The molecule has 0 atom stereocenters. The van der Waals surface area contributed by atoms with Gasteiger partial charge in [0.1, 0.15) is 0 Å². The lowest BCUT2D eigenvalue weighted by atomic mass is 9.85. The highest BCUT2D eigenvalue weighted by Crippen LogP contribution is 2.39. The van der Waals surface area contributed by atoms with Crippen LogP contribution in [0.3, 0.4) is 0 Å². The Morgan fingerprint density at radius 1 is 1.13 bits per heavy atom. The first-order valence-electron chi connectivity index (χ1n) is 8.66. The number of para-hydroxylation sites is 1. The van der Waals surface area contributed by atoms with Gasteiger partial charge in [-0.15, -0.1) is 0 Å². The second-order valence-electron chi connectivity index (χ2n) is 6.82. The van der Waals surface area contributed by atoms with Gasteiger partial charge >= 0.3 is 0 Å². The van der Waals surface area contributed by atoms with E-state index in [9.17, 15) is 9.59 Å². The Bertz CT molecular complexity index is 670. The van der Waals surface area contributed by atoms with Gasteiger partial charge in [-0.1, -0.05) is 24.6 Å². The van der Waals surface area contributed by atoms with Crippen molar-refractivity contribution in [2.45, 2.75) is 32.1 Å². The molecule has 0 radical (unpaired) electrons. The van der Waals surface area contributed by atoms with Crippen molar-refractivity contribution in [3.05, 3.63) is 35.9 Å². The van der Waals surface area contributed by atoms with E-state index in [-0.39, 0.29) is 11.8 Å². The smallest absolute Gasteiger partial charge is 0.259 e.